The van der Waals surface area contributed by atoms with E-state index in [-0.39, 0.29) is 11.5 Å². The highest BCUT2D eigenvalue weighted by molar-refractivity contribution is 5.65. The number of hydrogen-bond donors (Lipinski definition) is 1. The smallest absolute Gasteiger partial charge is 0.407 e. The Morgan fingerprint density at radius 1 is 1.33 bits per heavy atom. The molecule has 1 spiro atoms. The number of amides is 1. The van der Waals surface area contributed by atoms with Gasteiger partial charge in [-0.2, -0.15) is 0 Å². The van der Waals surface area contributed by atoms with Crippen LogP contribution in [0.25, 0.3) is 0 Å². The molecule has 114 valence electrons. The molecule has 1 aromatic carbocycles. The largest absolute Gasteiger partial charge is 0.465 e. The highest BCUT2D eigenvalue weighted by Crippen LogP contribution is 2.47. The van der Waals surface area contributed by atoms with Crippen molar-refractivity contribution in [3.8, 4) is 0 Å². The van der Waals surface area contributed by atoms with Crippen LogP contribution in [0.1, 0.15) is 31.2 Å². The van der Waals surface area contributed by atoms with Gasteiger partial charge in [-0.3, -0.25) is 4.90 Å². The third-order valence-corrected chi connectivity index (χ3v) is 5.29. The van der Waals surface area contributed by atoms with Crippen molar-refractivity contribution in [3.63, 3.8) is 0 Å². The van der Waals surface area contributed by atoms with Crippen LogP contribution in [-0.2, 0) is 6.54 Å². The molecule has 2 fully saturated rings. The van der Waals surface area contributed by atoms with Crippen LogP contribution in [0.4, 0.5) is 4.79 Å². The lowest BCUT2D eigenvalue weighted by atomic mass is 9.80. The second-order valence-electron chi connectivity index (χ2n) is 6.63. The number of carbonyl (C=O) groups is 1. The van der Waals surface area contributed by atoms with Gasteiger partial charge in [0.05, 0.1) is 6.04 Å². The van der Waals surface area contributed by atoms with E-state index in [0.29, 0.717) is 0 Å². The summed E-state index contributed by atoms with van der Waals surface area (Å²) >= 11 is 0. The van der Waals surface area contributed by atoms with Crippen LogP contribution in [-0.4, -0.2) is 47.2 Å². The highest BCUT2D eigenvalue weighted by atomic mass is 16.4. The Balaban J connectivity index is 1.76. The van der Waals surface area contributed by atoms with Gasteiger partial charge in [0.1, 0.15) is 0 Å². The zero-order chi connectivity index (χ0) is 14.9. The van der Waals surface area contributed by atoms with Gasteiger partial charge in [-0.25, -0.2) is 4.79 Å². The first kappa shape index (κ1) is 14.4. The molecule has 4 nitrogen and oxygen atoms in total. The van der Waals surface area contributed by atoms with Crippen molar-refractivity contribution in [2.45, 2.75) is 38.3 Å². The van der Waals surface area contributed by atoms with Crippen LogP contribution >= 0.6 is 0 Å². The van der Waals surface area contributed by atoms with Gasteiger partial charge in [0, 0.05) is 32.1 Å². The summed E-state index contributed by atoms with van der Waals surface area (Å²) in [5.74, 6) is 0. The lowest BCUT2D eigenvalue weighted by Gasteiger charge is -2.35. The van der Waals surface area contributed by atoms with E-state index in [0.717, 1.165) is 19.6 Å². The van der Waals surface area contributed by atoms with Crippen LogP contribution < -0.4 is 0 Å². The molecular formula is C17H24N2O2. The summed E-state index contributed by atoms with van der Waals surface area (Å²) in [6.07, 6.45) is 4.01. The molecule has 1 aromatic rings. The highest BCUT2D eigenvalue weighted by Gasteiger charge is 2.50. The fourth-order valence-electron chi connectivity index (χ4n) is 4.25. The Labute approximate surface area is 126 Å². The molecule has 0 bridgehead atoms. The molecule has 1 N–H and O–H groups in total. The van der Waals surface area contributed by atoms with Crippen LogP contribution in [0.5, 0.6) is 0 Å². The molecule has 1 heterocycles. The minimum atomic E-state index is -0.798. The first-order valence-electron chi connectivity index (χ1n) is 7.83. The van der Waals surface area contributed by atoms with E-state index in [9.17, 15) is 9.90 Å². The van der Waals surface area contributed by atoms with Gasteiger partial charge >= 0.3 is 6.09 Å². The van der Waals surface area contributed by atoms with Crippen molar-refractivity contribution >= 4 is 6.09 Å². The van der Waals surface area contributed by atoms with E-state index in [2.05, 4.69) is 29.2 Å². The van der Waals surface area contributed by atoms with E-state index < -0.39 is 6.09 Å². The van der Waals surface area contributed by atoms with Crippen molar-refractivity contribution in [3.05, 3.63) is 35.9 Å². The van der Waals surface area contributed by atoms with Crippen LogP contribution in [0.15, 0.2) is 30.3 Å². The molecule has 0 aromatic heterocycles. The molecule has 1 aliphatic carbocycles. The number of nitrogens with zero attached hydrogens (tertiary/aromatic N) is 2. The minimum absolute atomic E-state index is 0.140. The fourth-order valence-corrected chi connectivity index (χ4v) is 4.25. The van der Waals surface area contributed by atoms with Gasteiger partial charge < -0.3 is 10.0 Å². The topological polar surface area (TPSA) is 43.8 Å². The summed E-state index contributed by atoms with van der Waals surface area (Å²) in [5.41, 5.74) is 1.49. The third-order valence-electron chi connectivity index (χ3n) is 5.29. The van der Waals surface area contributed by atoms with Crippen LogP contribution in [0.3, 0.4) is 0 Å². The number of hydrogen-bond acceptors (Lipinski definition) is 2. The summed E-state index contributed by atoms with van der Waals surface area (Å²) in [6.45, 7) is 2.81. The van der Waals surface area contributed by atoms with E-state index in [1.165, 1.54) is 31.2 Å². The third kappa shape index (κ3) is 2.77. The average molecular weight is 288 g/mol. The quantitative estimate of drug-likeness (QED) is 0.929. The molecule has 0 radical (unpaired) electrons. The summed E-state index contributed by atoms with van der Waals surface area (Å²) in [6, 6.07) is 10.6. The van der Waals surface area contributed by atoms with Crippen molar-refractivity contribution in [1.29, 1.82) is 0 Å². The van der Waals surface area contributed by atoms with Crippen LogP contribution in [0.2, 0.25) is 0 Å². The van der Waals surface area contributed by atoms with Crippen molar-refractivity contribution in [1.82, 2.24) is 9.80 Å². The normalized spacial score (nSPS) is 24.5. The predicted molar refractivity (Wildman–Crippen MR) is 82.2 cm³/mol. The Morgan fingerprint density at radius 2 is 2.00 bits per heavy atom. The van der Waals surface area contributed by atoms with Gasteiger partial charge in [-0.1, -0.05) is 43.2 Å². The first-order chi connectivity index (χ1) is 10.1. The molecule has 3 rings (SSSR count). The maximum Gasteiger partial charge on any atom is 0.407 e. The molecule has 4 heteroatoms. The Kier molecular flexibility index (Phi) is 3.89. The van der Waals surface area contributed by atoms with Gasteiger partial charge in [-0.05, 0) is 18.4 Å². The van der Waals surface area contributed by atoms with Gasteiger partial charge in [-0.15, -0.1) is 0 Å². The number of carboxylic acid groups (broad SMARTS) is 1. The first-order valence-corrected chi connectivity index (χ1v) is 7.83. The number of benzene rings is 1. The molecule has 1 atom stereocenters. The molecule has 21 heavy (non-hydrogen) atoms. The van der Waals surface area contributed by atoms with Gasteiger partial charge in [0.2, 0.25) is 0 Å². The summed E-state index contributed by atoms with van der Waals surface area (Å²) in [7, 11) is 1.74. The zero-order valence-electron chi connectivity index (χ0n) is 12.7. The maximum absolute atomic E-state index is 11.4. The Morgan fingerprint density at radius 3 is 2.62 bits per heavy atom. The molecule has 1 unspecified atom stereocenters. The lowest BCUT2D eigenvalue weighted by Crippen LogP contribution is -2.46. The number of likely N-dealkylation sites (N-methyl/N-ethyl adjacent to an activating group) is 1. The second kappa shape index (κ2) is 5.68. The lowest BCUT2D eigenvalue weighted by molar-refractivity contribution is 0.103. The zero-order valence-corrected chi connectivity index (χ0v) is 12.7. The van der Waals surface area contributed by atoms with E-state index in [4.69, 9.17) is 0 Å². The van der Waals surface area contributed by atoms with Crippen molar-refractivity contribution in [2.24, 2.45) is 5.41 Å². The van der Waals surface area contributed by atoms with Crippen molar-refractivity contribution in [2.75, 3.05) is 20.1 Å². The monoisotopic (exact) mass is 288 g/mol. The second-order valence-corrected chi connectivity index (χ2v) is 6.63. The Bertz CT molecular complexity index is 497. The summed E-state index contributed by atoms with van der Waals surface area (Å²) in [4.78, 5) is 15.4. The van der Waals surface area contributed by atoms with Crippen LogP contribution in [0, 0.1) is 5.41 Å². The van der Waals surface area contributed by atoms with Gasteiger partial charge in [0.25, 0.3) is 0 Å². The van der Waals surface area contributed by atoms with E-state index in [1.54, 1.807) is 11.9 Å². The number of rotatable bonds is 3. The average Bonchev–Trinajstić information content (AvgIpc) is 3.07. The molecule has 1 saturated carbocycles. The molecule has 1 amide bonds. The van der Waals surface area contributed by atoms with E-state index in [1.807, 2.05) is 6.07 Å². The molecule has 2 aliphatic rings. The summed E-state index contributed by atoms with van der Waals surface area (Å²) < 4.78 is 0. The maximum atomic E-state index is 11.4. The standard InChI is InChI=1S/C17H24N2O2/c1-18(16(20)21)15-12-19(11-14-7-3-2-4-8-14)13-17(15)9-5-6-10-17/h2-4,7-8,15H,5-6,9-13H2,1H3,(H,20,21). The molecular weight excluding hydrogens is 264 g/mol. The summed E-state index contributed by atoms with van der Waals surface area (Å²) in [5, 5.41) is 9.37. The number of likely N-dealkylation sites (tertiary alicyclic amines) is 1. The van der Waals surface area contributed by atoms with Gasteiger partial charge in [0.15, 0.2) is 0 Å². The molecule has 1 aliphatic heterocycles. The van der Waals surface area contributed by atoms with Crippen molar-refractivity contribution < 1.29 is 9.90 Å². The minimum Gasteiger partial charge on any atom is -0.465 e. The van der Waals surface area contributed by atoms with E-state index >= 15 is 0 Å². The Hall–Kier alpha value is -1.55. The fraction of sp³-hybridized carbons (Fsp3) is 0.588. The molecule has 1 saturated heterocycles. The predicted octanol–water partition coefficient (Wildman–Crippen LogP) is 3.04. The SMILES string of the molecule is CN(C(=O)O)C1CN(Cc2ccccc2)CC12CCCC2.